The third-order valence-electron chi connectivity index (χ3n) is 3.01. The molecule has 1 fully saturated rings. The minimum atomic E-state index is -0.854. The largest absolute Gasteiger partial charge is 0.479 e. The van der Waals surface area contributed by atoms with E-state index in [1.807, 2.05) is 6.92 Å². The second-order valence-corrected chi connectivity index (χ2v) is 4.95. The van der Waals surface area contributed by atoms with Gasteiger partial charge < -0.3 is 9.84 Å². The molecule has 1 saturated heterocycles. The number of hydrogen-bond donors (Lipinski definition) is 1. The van der Waals surface area contributed by atoms with Crippen LogP contribution in [0.15, 0.2) is 0 Å². The molecule has 0 saturated carbocycles. The maximum atomic E-state index is 11.0. The van der Waals surface area contributed by atoms with Gasteiger partial charge in [-0.3, -0.25) is 4.90 Å². The van der Waals surface area contributed by atoms with Crippen LogP contribution in [0.1, 0.15) is 27.2 Å². The maximum Gasteiger partial charge on any atom is 0.334 e. The van der Waals surface area contributed by atoms with E-state index in [0.717, 1.165) is 13.1 Å². The third-order valence-corrected chi connectivity index (χ3v) is 3.01. The molecule has 0 aromatic heterocycles. The molecule has 3 atom stereocenters. The monoisotopic (exact) mass is 229 g/mol. The number of aliphatic carboxylic acids is 1. The van der Waals surface area contributed by atoms with Crippen LogP contribution in [0.5, 0.6) is 0 Å². The van der Waals surface area contributed by atoms with Gasteiger partial charge in [0, 0.05) is 26.2 Å². The van der Waals surface area contributed by atoms with Gasteiger partial charge in [-0.25, -0.2) is 4.79 Å². The van der Waals surface area contributed by atoms with Crippen LogP contribution >= 0.6 is 0 Å². The molecule has 4 nitrogen and oxygen atoms in total. The van der Waals surface area contributed by atoms with E-state index < -0.39 is 12.1 Å². The Kier molecular flexibility index (Phi) is 5.22. The molecule has 1 N–H and O–H groups in total. The summed E-state index contributed by atoms with van der Waals surface area (Å²) in [5.41, 5.74) is 0. The number of nitrogens with zero attached hydrogens (tertiary/aromatic N) is 1. The molecule has 0 amide bonds. The zero-order chi connectivity index (χ0) is 12.1. The van der Waals surface area contributed by atoms with E-state index >= 15 is 0 Å². The molecule has 1 heterocycles. The Morgan fingerprint density at radius 2 is 2.00 bits per heavy atom. The highest BCUT2D eigenvalue weighted by molar-refractivity contribution is 5.72. The molecule has 0 radical (unpaired) electrons. The van der Waals surface area contributed by atoms with Crippen LogP contribution in [0, 0.1) is 11.8 Å². The Morgan fingerprint density at radius 3 is 2.44 bits per heavy atom. The van der Waals surface area contributed by atoms with Crippen molar-refractivity contribution in [2.75, 3.05) is 26.2 Å². The lowest BCUT2D eigenvalue weighted by Crippen LogP contribution is -2.45. The Labute approximate surface area is 97.6 Å². The van der Waals surface area contributed by atoms with Crippen LogP contribution in [0.25, 0.3) is 0 Å². The Balaban J connectivity index is 2.47. The number of carboxylic acids is 1. The van der Waals surface area contributed by atoms with Gasteiger partial charge in [0.15, 0.2) is 6.10 Å². The second-order valence-electron chi connectivity index (χ2n) is 4.95. The fourth-order valence-corrected chi connectivity index (χ4v) is 2.58. The van der Waals surface area contributed by atoms with Crippen molar-refractivity contribution >= 4 is 5.97 Å². The minimum Gasteiger partial charge on any atom is -0.479 e. The highest BCUT2D eigenvalue weighted by Crippen LogP contribution is 2.21. The Hall–Kier alpha value is -0.610. The number of rotatable bonds is 5. The van der Waals surface area contributed by atoms with E-state index in [4.69, 9.17) is 9.84 Å². The first kappa shape index (κ1) is 13.5. The molecule has 1 rings (SSSR count). The van der Waals surface area contributed by atoms with E-state index in [1.165, 1.54) is 6.42 Å². The van der Waals surface area contributed by atoms with Gasteiger partial charge in [0.2, 0.25) is 0 Å². The summed E-state index contributed by atoms with van der Waals surface area (Å²) in [5.74, 6) is 0.451. The molecule has 4 heteroatoms. The second kappa shape index (κ2) is 6.21. The van der Waals surface area contributed by atoms with Crippen molar-refractivity contribution in [2.24, 2.45) is 11.8 Å². The Morgan fingerprint density at radius 1 is 1.44 bits per heavy atom. The first-order valence-electron chi connectivity index (χ1n) is 6.09. The number of carbonyl (C=O) groups is 1. The first-order chi connectivity index (χ1) is 7.52. The van der Waals surface area contributed by atoms with Crippen LogP contribution in [0.4, 0.5) is 0 Å². The van der Waals surface area contributed by atoms with E-state index in [1.54, 1.807) is 0 Å². The average molecular weight is 229 g/mol. The lowest BCUT2D eigenvalue weighted by atomic mass is 9.92. The molecule has 0 bridgehead atoms. The standard InChI is InChI=1S/C12H23NO3/c1-4-16-11(12(14)15)8-13-6-9(2)5-10(3)7-13/h9-11H,4-8H2,1-3H3,(H,14,15). The molecule has 0 aromatic rings. The zero-order valence-electron chi connectivity index (χ0n) is 10.5. The van der Waals surface area contributed by atoms with Crippen LogP contribution in [0.2, 0.25) is 0 Å². The van der Waals surface area contributed by atoms with Gasteiger partial charge in [0.1, 0.15) is 0 Å². The van der Waals surface area contributed by atoms with Gasteiger partial charge in [0.05, 0.1) is 0 Å². The van der Waals surface area contributed by atoms with Gasteiger partial charge in [-0.1, -0.05) is 13.8 Å². The molecule has 3 unspecified atom stereocenters. The van der Waals surface area contributed by atoms with Crippen molar-refractivity contribution in [3.8, 4) is 0 Å². The summed E-state index contributed by atoms with van der Waals surface area (Å²) in [4.78, 5) is 13.2. The SMILES string of the molecule is CCOC(CN1CC(C)CC(C)C1)C(=O)O. The fourth-order valence-electron chi connectivity index (χ4n) is 2.58. The summed E-state index contributed by atoms with van der Waals surface area (Å²) in [7, 11) is 0. The predicted molar refractivity (Wildman–Crippen MR) is 62.4 cm³/mol. The van der Waals surface area contributed by atoms with Crippen molar-refractivity contribution in [3.05, 3.63) is 0 Å². The van der Waals surface area contributed by atoms with Gasteiger partial charge in [-0.2, -0.15) is 0 Å². The topological polar surface area (TPSA) is 49.8 Å². The first-order valence-corrected chi connectivity index (χ1v) is 6.09. The van der Waals surface area contributed by atoms with Gasteiger partial charge in [-0.15, -0.1) is 0 Å². The lowest BCUT2D eigenvalue weighted by molar-refractivity contribution is -0.151. The molecule has 16 heavy (non-hydrogen) atoms. The number of carboxylic acid groups (broad SMARTS) is 1. The number of likely N-dealkylation sites (tertiary alicyclic amines) is 1. The maximum absolute atomic E-state index is 11.0. The number of piperidine rings is 1. The van der Waals surface area contributed by atoms with E-state index in [9.17, 15) is 4.79 Å². The van der Waals surface area contributed by atoms with Crippen LogP contribution in [0.3, 0.4) is 0 Å². The molecule has 0 aliphatic carbocycles. The molecule has 1 aliphatic heterocycles. The molecule has 1 aliphatic rings. The van der Waals surface area contributed by atoms with E-state index in [0.29, 0.717) is 25.0 Å². The predicted octanol–water partition coefficient (Wildman–Crippen LogP) is 1.45. The summed E-state index contributed by atoms with van der Waals surface area (Å²) in [5, 5.41) is 9.02. The van der Waals surface area contributed by atoms with Gasteiger partial charge in [0.25, 0.3) is 0 Å². The van der Waals surface area contributed by atoms with Crippen LogP contribution in [-0.4, -0.2) is 48.3 Å². The highest BCUT2D eigenvalue weighted by Gasteiger charge is 2.26. The van der Waals surface area contributed by atoms with Crippen molar-refractivity contribution in [2.45, 2.75) is 33.3 Å². The molecule has 94 valence electrons. The van der Waals surface area contributed by atoms with E-state index in [2.05, 4.69) is 18.7 Å². The quantitative estimate of drug-likeness (QED) is 0.775. The number of ether oxygens (including phenoxy) is 1. The van der Waals surface area contributed by atoms with Crippen molar-refractivity contribution < 1.29 is 14.6 Å². The molecule has 0 aromatic carbocycles. The summed E-state index contributed by atoms with van der Waals surface area (Å²) in [6.45, 7) is 9.21. The highest BCUT2D eigenvalue weighted by atomic mass is 16.5. The Bertz CT molecular complexity index is 222. The minimum absolute atomic E-state index is 0.454. The average Bonchev–Trinajstić information content (AvgIpc) is 2.15. The van der Waals surface area contributed by atoms with E-state index in [-0.39, 0.29) is 0 Å². The summed E-state index contributed by atoms with van der Waals surface area (Å²) in [6.07, 6.45) is 0.561. The fraction of sp³-hybridized carbons (Fsp3) is 0.917. The number of hydrogen-bond acceptors (Lipinski definition) is 3. The van der Waals surface area contributed by atoms with Crippen molar-refractivity contribution in [3.63, 3.8) is 0 Å². The lowest BCUT2D eigenvalue weighted by Gasteiger charge is -2.36. The summed E-state index contributed by atoms with van der Waals surface area (Å²) < 4.78 is 5.24. The van der Waals surface area contributed by atoms with Crippen LogP contribution < -0.4 is 0 Å². The normalized spacial score (nSPS) is 28.9. The van der Waals surface area contributed by atoms with Crippen molar-refractivity contribution in [1.82, 2.24) is 4.90 Å². The summed E-state index contributed by atoms with van der Waals surface area (Å²) in [6, 6.07) is 0. The van der Waals surface area contributed by atoms with Crippen LogP contribution in [-0.2, 0) is 9.53 Å². The molecular weight excluding hydrogens is 206 g/mol. The van der Waals surface area contributed by atoms with Gasteiger partial charge in [-0.05, 0) is 25.2 Å². The van der Waals surface area contributed by atoms with Gasteiger partial charge >= 0.3 is 5.97 Å². The third kappa shape index (κ3) is 4.10. The smallest absolute Gasteiger partial charge is 0.334 e. The van der Waals surface area contributed by atoms with Crippen molar-refractivity contribution in [1.29, 1.82) is 0 Å². The zero-order valence-corrected chi connectivity index (χ0v) is 10.5. The molecular formula is C12H23NO3. The molecule has 0 spiro atoms. The summed E-state index contributed by atoms with van der Waals surface area (Å²) >= 11 is 0.